The standard InChI is InChI=1S/C13H13NO4S/c1-9-6-10(7-15)2-3-11(9)18-5-4-14-12(16)8-19-13(14)17/h2-3,6-7H,4-5,8H2,1H3. The van der Waals surface area contributed by atoms with Gasteiger partial charge in [-0.05, 0) is 30.7 Å². The van der Waals surface area contributed by atoms with Crippen LogP contribution in [0.4, 0.5) is 4.79 Å². The van der Waals surface area contributed by atoms with Gasteiger partial charge in [-0.15, -0.1) is 0 Å². The van der Waals surface area contributed by atoms with E-state index >= 15 is 0 Å². The molecule has 0 saturated carbocycles. The lowest BCUT2D eigenvalue weighted by atomic mass is 10.1. The maximum Gasteiger partial charge on any atom is 0.288 e. The lowest BCUT2D eigenvalue weighted by Crippen LogP contribution is -2.32. The van der Waals surface area contributed by atoms with E-state index in [1.807, 2.05) is 6.92 Å². The molecule has 2 rings (SSSR count). The molecule has 5 nitrogen and oxygen atoms in total. The summed E-state index contributed by atoms with van der Waals surface area (Å²) in [6.07, 6.45) is 0.773. The van der Waals surface area contributed by atoms with Crippen LogP contribution in [0.2, 0.25) is 0 Å². The number of carbonyl (C=O) groups is 3. The molecule has 0 radical (unpaired) electrons. The highest BCUT2D eigenvalue weighted by Gasteiger charge is 2.29. The Bertz CT molecular complexity index is 513. The molecular formula is C13H13NO4S. The van der Waals surface area contributed by atoms with Crippen LogP contribution >= 0.6 is 11.8 Å². The lowest BCUT2D eigenvalue weighted by molar-refractivity contribution is -0.124. The van der Waals surface area contributed by atoms with E-state index in [4.69, 9.17) is 4.74 Å². The minimum atomic E-state index is -0.221. The Morgan fingerprint density at radius 1 is 1.42 bits per heavy atom. The third-order valence-corrected chi connectivity index (χ3v) is 3.61. The van der Waals surface area contributed by atoms with Crippen molar-refractivity contribution in [2.45, 2.75) is 6.92 Å². The predicted molar refractivity (Wildman–Crippen MR) is 71.6 cm³/mol. The fraction of sp³-hybridized carbons (Fsp3) is 0.308. The molecule has 19 heavy (non-hydrogen) atoms. The van der Waals surface area contributed by atoms with Crippen LogP contribution in [0.1, 0.15) is 15.9 Å². The number of aryl methyl sites for hydroxylation is 1. The molecule has 1 aromatic rings. The third-order valence-electron chi connectivity index (χ3n) is 2.75. The minimum Gasteiger partial charge on any atom is -0.491 e. The third kappa shape index (κ3) is 3.14. The average Bonchev–Trinajstić information content (AvgIpc) is 2.72. The van der Waals surface area contributed by atoms with Crippen molar-refractivity contribution >= 4 is 29.2 Å². The van der Waals surface area contributed by atoms with Crippen molar-refractivity contribution in [1.29, 1.82) is 0 Å². The molecule has 0 aliphatic carbocycles. The van der Waals surface area contributed by atoms with Crippen molar-refractivity contribution in [3.63, 3.8) is 0 Å². The van der Waals surface area contributed by atoms with E-state index in [0.717, 1.165) is 23.6 Å². The van der Waals surface area contributed by atoms with Gasteiger partial charge in [0, 0.05) is 5.56 Å². The zero-order chi connectivity index (χ0) is 13.8. The molecule has 1 saturated heterocycles. The summed E-state index contributed by atoms with van der Waals surface area (Å²) in [7, 11) is 0. The van der Waals surface area contributed by atoms with Gasteiger partial charge in [0.1, 0.15) is 18.6 Å². The quantitative estimate of drug-likeness (QED) is 0.770. The smallest absolute Gasteiger partial charge is 0.288 e. The fourth-order valence-electron chi connectivity index (χ4n) is 1.75. The molecule has 1 aliphatic rings. The number of imide groups is 1. The van der Waals surface area contributed by atoms with E-state index in [-0.39, 0.29) is 30.1 Å². The van der Waals surface area contributed by atoms with E-state index in [1.54, 1.807) is 18.2 Å². The van der Waals surface area contributed by atoms with Gasteiger partial charge in [-0.25, -0.2) is 0 Å². The van der Waals surface area contributed by atoms with Crippen LogP contribution in [0, 0.1) is 6.92 Å². The Kier molecular flexibility index (Phi) is 4.21. The van der Waals surface area contributed by atoms with Crippen molar-refractivity contribution in [2.24, 2.45) is 0 Å². The van der Waals surface area contributed by atoms with Gasteiger partial charge < -0.3 is 4.74 Å². The summed E-state index contributed by atoms with van der Waals surface area (Å²) < 4.78 is 5.52. The van der Waals surface area contributed by atoms with Crippen LogP contribution in [0.3, 0.4) is 0 Å². The first-order valence-corrected chi connectivity index (χ1v) is 6.76. The van der Waals surface area contributed by atoms with Gasteiger partial charge in [0.15, 0.2) is 0 Å². The molecule has 1 aliphatic heterocycles. The van der Waals surface area contributed by atoms with Gasteiger partial charge in [-0.2, -0.15) is 0 Å². The second kappa shape index (κ2) is 5.88. The van der Waals surface area contributed by atoms with Crippen LogP contribution in [-0.4, -0.2) is 41.2 Å². The van der Waals surface area contributed by atoms with Gasteiger partial charge in [-0.3, -0.25) is 19.3 Å². The maximum absolute atomic E-state index is 11.4. The van der Waals surface area contributed by atoms with Crippen LogP contribution < -0.4 is 4.74 Å². The number of thioether (sulfide) groups is 1. The highest BCUT2D eigenvalue weighted by atomic mass is 32.2. The molecule has 2 amide bonds. The zero-order valence-corrected chi connectivity index (χ0v) is 11.2. The first kappa shape index (κ1) is 13.6. The monoisotopic (exact) mass is 279 g/mol. The first-order valence-electron chi connectivity index (χ1n) is 5.77. The average molecular weight is 279 g/mol. The number of hydrogen-bond donors (Lipinski definition) is 0. The molecule has 1 fully saturated rings. The molecule has 1 aromatic carbocycles. The van der Waals surface area contributed by atoms with E-state index in [2.05, 4.69) is 0 Å². The van der Waals surface area contributed by atoms with Gasteiger partial charge in [0.2, 0.25) is 5.91 Å². The van der Waals surface area contributed by atoms with Crippen LogP contribution in [0.5, 0.6) is 5.75 Å². The molecule has 0 spiro atoms. The maximum atomic E-state index is 11.4. The van der Waals surface area contributed by atoms with E-state index < -0.39 is 0 Å². The molecule has 1 heterocycles. The van der Waals surface area contributed by atoms with Crippen molar-refractivity contribution in [3.8, 4) is 5.75 Å². The number of hydrogen-bond acceptors (Lipinski definition) is 5. The summed E-state index contributed by atoms with van der Waals surface area (Å²) in [6, 6.07) is 5.10. The van der Waals surface area contributed by atoms with E-state index in [9.17, 15) is 14.4 Å². The predicted octanol–water partition coefficient (Wildman–Crippen LogP) is 1.88. The highest BCUT2D eigenvalue weighted by Crippen LogP contribution is 2.20. The summed E-state index contributed by atoms with van der Waals surface area (Å²) in [5.41, 5.74) is 1.43. The van der Waals surface area contributed by atoms with Crippen LogP contribution in [-0.2, 0) is 4.79 Å². The SMILES string of the molecule is Cc1cc(C=O)ccc1OCCN1C(=O)CSC1=O. The Hall–Kier alpha value is -1.82. The lowest BCUT2D eigenvalue weighted by Gasteiger charge is -2.14. The second-order valence-electron chi connectivity index (χ2n) is 4.09. The normalized spacial score (nSPS) is 14.9. The summed E-state index contributed by atoms with van der Waals surface area (Å²) >= 11 is 1.01. The van der Waals surface area contributed by atoms with Crippen molar-refractivity contribution in [3.05, 3.63) is 29.3 Å². The van der Waals surface area contributed by atoms with E-state index in [1.165, 1.54) is 4.90 Å². The van der Waals surface area contributed by atoms with Gasteiger partial charge in [0.25, 0.3) is 5.24 Å². The number of carbonyl (C=O) groups excluding carboxylic acids is 3. The number of nitrogens with zero attached hydrogens (tertiary/aromatic N) is 1. The number of ether oxygens (including phenoxy) is 1. The Morgan fingerprint density at radius 2 is 2.21 bits per heavy atom. The largest absolute Gasteiger partial charge is 0.491 e. The van der Waals surface area contributed by atoms with Gasteiger partial charge in [0.05, 0.1) is 12.3 Å². The number of rotatable bonds is 5. The number of benzene rings is 1. The topological polar surface area (TPSA) is 63.7 Å². The highest BCUT2D eigenvalue weighted by molar-refractivity contribution is 8.14. The van der Waals surface area contributed by atoms with Crippen molar-refractivity contribution in [1.82, 2.24) is 4.90 Å². The minimum absolute atomic E-state index is 0.174. The summed E-state index contributed by atoms with van der Waals surface area (Å²) in [6.45, 7) is 2.34. The van der Waals surface area contributed by atoms with Gasteiger partial charge in [-0.1, -0.05) is 11.8 Å². The number of aldehydes is 1. The van der Waals surface area contributed by atoms with Crippen molar-refractivity contribution < 1.29 is 19.1 Å². The summed E-state index contributed by atoms with van der Waals surface area (Å²) in [4.78, 5) is 34.5. The molecule has 100 valence electrons. The zero-order valence-electron chi connectivity index (χ0n) is 10.4. The summed E-state index contributed by atoms with van der Waals surface area (Å²) in [5.74, 6) is 0.690. The van der Waals surface area contributed by atoms with Crippen molar-refractivity contribution in [2.75, 3.05) is 18.9 Å². The fourth-order valence-corrected chi connectivity index (χ4v) is 2.50. The molecule has 6 heteroatoms. The Morgan fingerprint density at radius 3 is 2.79 bits per heavy atom. The molecular weight excluding hydrogens is 266 g/mol. The first-order chi connectivity index (χ1) is 9.11. The molecule has 0 N–H and O–H groups in total. The molecule has 0 atom stereocenters. The molecule has 0 aromatic heterocycles. The number of amides is 2. The Labute approximate surface area is 114 Å². The molecule has 0 bridgehead atoms. The van der Waals surface area contributed by atoms with Crippen LogP contribution in [0.15, 0.2) is 18.2 Å². The second-order valence-corrected chi connectivity index (χ2v) is 5.02. The summed E-state index contributed by atoms with van der Waals surface area (Å²) in [5, 5.41) is -0.221. The molecule has 0 unspecified atom stereocenters. The van der Waals surface area contributed by atoms with Gasteiger partial charge >= 0.3 is 0 Å². The Balaban J connectivity index is 1.91. The van der Waals surface area contributed by atoms with Crippen LogP contribution in [0.25, 0.3) is 0 Å². The van der Waals surface area contributed by atoms with E-state index in [0.29, 0.717) is 11.3 Å².